The maximum Gasteiger partial charge on any atom is 0.231 e. The largest absolute Gasteiger partial charge is 0.394 e. The van der Waals surface area contributed by atoms with Crippen LogP contribution in [0.25, 0.3) is 0 Å². The van der Waals surface area contributed by atoms with E-state index < -0.39 is 5.54 Å². The maximum absolute atomic E-state index is 10.1. The van der Waals surface area contributed by atoms with Crippen LogP contribution in [0.5, 0.6) is 0 Å². The van der Waals surface area contributed by atoms with E-state index in [0.29, 0.717) is 5.95 Å². The summed E-state index contributed by atoms with van der Waals surface area (Å²) in [4.78, 5) is 16.7. The molecule has 0 spiro atoms. The normalized spacial score (nSPS) is 12.4. The fourth-order valence-corrected chi connectivity index (χ4v) is 5.91. The van der Waals surface area contributed by atoms with E-state index in [1.807, 2.05) is 13.8 Å². The van der Waals surface area contributed by atoms with Crippen LogP contribution in [0.4, 0.5) is 5.95 Å². The molecule has 0 saturated carbocycles. The highest BCUT2D eigenvalue weighted by Gasteiger charge is 2.37. The first-order valence-corrected chi connectivity index (χ1v) is 15.6. The van der Waals surface area contributed by atoms with Gasteiger partial charge >= 0.3 is 0 Å². The Bertz CT molecular complexity index is 628. The second-order valence-corrected chi connectivity index (χ2v) is 13.0. The van der Waals surface area contributed by atoms with Crippen molar-refractivity contribution in [3.05, 3.63) is 0 Å². The van der Waals surface area contributed by atoms with Crippen LogP contribution in [-0.4, -0.2) is 49.2 Å². The lowest BCUT2D eigenvalue weighted by Gasteiger charge is -2.46. The van der Waals surface area contributed by atoms with Gasteiger partial charge in [-0.05, 0) is 47.5 Å². The van der Waals surface area contributed by atoms with Gasteiger partial charge in [0.25, 0.3) is 0 Å². The third-order valence-electron chi connectivity index (χ3n) is 5.90. The zero-order valence-corrected chi connectivity index (χ0v) is 24.8. The first-order valence-electron chi connectivity index (χ1n) is 13.6. The van der Waals surface area contributed by atoms with E-state index >= 15 is 0 Å². The third kappa shape index (κ3) is 12.4. The second-order valence-electron chi connectivity index (χ2n) is 10.9. The number of hydrogen-bond acceptors (Lipinski definition) is 7. The van der Waals surface area contributed by atoms with Crippen LogP contribution in [0.3, 0.4) is 0 Å². The monoisotopic (exact) mass is 512 g/mol. The SMILES string of the molecule is CCCCCCCCSc1nc(SCCCCCCCC)nc(N(C(C)(C)C)C(C)(C)CO)n1. The van der Waals surface area contributed by atoms with Crippen molar-refractivity contribution in [3.63, 3.8) is 0 Å². The molecule has 0 fully saturated rings. The van der Waals surface area contributed by atoms with Crippen molar-refractivity contribution in [3.8, 4) is 0 Å². The van der Waals surface area contributed by atoms with Gasteiger partial charge in [0.1, 0.15) is 0 Å². The fraction of sp³-hybridized carbons (Fsp3) is 0.889. The zero-order chi connectivity index (χ0) is 25.5. The molecule has 0 bridgehead atoms. The molecule has 0 aliphatic rings. The van der Waals surface area contributed by atoms with Gasteiger partial charge in [-0.2, -0.15) is 15.0 Å². The van der Waals surface area contributed by atoms with E-state index in [1.54, 1.807) is 23.5 Å². The molecule has 1 rings (SSSR count). The summed E-state index contributed by atoms with van der Waals surface area (Å²) in [6.45, 7) is 15.1. The van der Waals surface area contributed by atoms with Crippen LogP contribution in [-0.2, 0) is 0 Å². The van der Waals surface area contributed by atoms with Crippen LogP contribution >= 0.6 is 23.5 Å². The van der Waals surface area contributed by atoms with Crippen molar-refractivity contribution >= 4 is 29.5 Å². The Hall–Kier alpha value is -0.530. The third-order valence-corrected chi connectivity index (χ3v) is 7.77. The van der Waals surface area contributed by atoms with E-state index in [9.17, 15) is 5.11 Å². The standard InChI is InChI=1S/C27H52N4OS2/c1-8-10-12-14-16-18-20-33-24-28-23(31(26(3,4)5)27(6,7)22-32)29-25(30-24)34-21-19-17-15-13-11-9-2/h32H,8-22H2,1-7H3. The highest BCUT2D eigenvalue weighted by molar-refractivity contribution is 7.99. The van der Waals surface area contributed by atoms with Gasteiger partial charge in [-0.15, -0.1) is 0 Å². The van der Waals surface area contributed by atoms with Gasteiger partial charge in [-0.3, -0.25) is 0 Å². The van der Waals surface area contributed by atoms with Crippen molar-refractivity contribution in [2.45, 2.75) is 147 Å². The summed E-state index contributed by atoms with van der Waals surface area (Å²) in [5.74, 6) is 2.75. The van der Waals surface area contributed by atoms with Crippen molar-refractivity contribution in [1.82, 2.24) is 15.0 Å². The lowest BCUT2D eigenvalue weighted by atomic mass is 9.96. The number of rotatable bonds is 19. The molecule has 1 aromatic rings. The molecule has 0 aliphatic heterocycles. The molecule has 0 radical (unpaired) electrons. The number of unbranched alkanes of at least 4 members (excludes halogenated alkanes) is 10. The van der Waals surface area contributed by atoms with Crippen LogP contribution in [0.15, 0.2) is 10.3 Å². The highest BCUT2D eigenvalue weighted by atomic mass is 32.2. The molecule has 0 atom stereocenters. The van der Waals surface area contributed by atoms with Crippen LogP contribution in [0, 0.1) is 0 Å². The number of aliphatic hydroxyl groups is 1. The Morgan fingerprint density at radius 1 is 0.647 bits per heavy atom. The summed E-state index contributed by atoms with van der Waals surface area (Å²) in [6.07, 6.45) is 15.5. The Kier molecular flexibility index (Phi) is 15.8. The van der Waals surface area contributed by atoms with Crippen molar-refractivity contribution in [1.29, 1.82) is 0 Å². The summed E-state index contributed by atoms with van der Waals surface area (Å²) in [5, 5.41) is 11.8. The predicted octanol–water partition coefficient (Wildman–Crippen LogP) is 8.15. The Morgan fingerprint density at radius 3 is 1.44 bits per heavy atom. The molecule has 0 saturated heterocycles. The summed E-state index contributed by atoms with van der Waals surface area (Å²) in [5.41, 5.74) is -0.696. The van der Waals surface area contributed by atoms with Gasteiger partial charge < -0.3 is 10.0 Å². The maximum atomic E-state index is 10.1. The van der Waals surface area contributed by atoms with Crippen LogP contribution < -0.4 is 4.90 Å². The zero-order valence-electron chi connectivity index (χ0n) is 23.2. The molecule has 0 aromatic carbocycles. The van der Waals surface area contributed by atoms with E-state index in [-0.39, 0.29) is 12.1 Å². The Labute approximate surface area is 219 Å². The Morgan fingerprint density at radius 2 is 1.06 bits per heavy atom. The molecule has 198 valence electrons. The lowest BCUT2D eigenvalue weighted by molar-refractivity contribution is 0.190. The molecule has 0 unspecified atom stereocenters. The molecule has 1 N–H and O–H groups in total. The minimum atomic E-state index is -0.470. The van der Waals surface area contributed by atoms with Gasteiger partial charge in [-0.1, -0.05) is 102 Å². The van der Waals surface area contributed by atoms with E-state index in [2.05, 4.69) is 39.5 Å². The first-order chi connectivity index (χ1) is 16.2. The lowest BCUT2D eigenvalue weighted by Crippen LogP contribution is -2.57. The van der Waals surface area contributed by atoms with Gasteiger partial charge in [0, 0.05) is 17.0 Å². The summed E-state index contributed by atoms with van der Waals surface area (Å²) < 4.78 is 0. The van der Waals surface area contributed by atoms with E-state index in [0.717, 1.165) is 21.8 Å². The number of nitrogens with zero attached hydrogens (tertiary/aromatic N) is 4. The van der Waals surface area contributed by atoms with E-state index in [1.165, 1.54) is 77.0 Å². The van der Waals surface area contributed by atoms with Crippen molar-refractivity contribution in [2.24, 2.45) is 0 Å². The average molecular weight is 513 g/mol. The van der Waals surface area contributed by atoms with Gasteiger partial charge in [0.15, 0.2) is 10.3 Å². The molecule has 0 aliphatic carbocycles. The molecule has 1 aromatic heterocycles. The summed E-state index contributed by atoms with van der Waals surface area (Å²) in [7, 11) is 0. The quantitative estimate of drug-likeness (QED) is 0.148. The minimum absolute atomic E-state index is 0.0381. The number of aromatic nitrogens is 3. The first kappa shape index (κ1) is 31.5. The van der Waals surface area contributed by atoms with Gasteiger partial charge in [0.2, 0.25) is 5.95 Å². The van der Waals surface area contributed by atoms with Crippen molar-refractivity contribution < 1.29 is 5.11 Å². The number of hydrogen-bond donors (Lipinski definition) is 1. The minimum Gasteiger partial charge on any atom is -0.394 e. The van der Waals surface area contributed by atoms with E-state index in [4.69, 9.17) is 15.0 Å². The summed E-state index contributed by atoms with van der Waals surface area (Å²) >= 11 is 3.49. The van der Waals surface area contributed by atoms with Crippen LogP contribution in [0.2, 0.25) is 0 Å². The molecule has 1 heterocycles. The van der Waals surface area contributed by atoms with Gasteiger partial charge in [0.05, 0.1) is 12.1 Å². The molecular weight excluding hydrogens is 460 g/mol. The number of aliphatic hydroxyl groups excluding tert-OH is 1. The molecule has 7 heteroatoms. The molecule has 0 amide bonds. The van der Waals surface area contributed by atoms with Crippen molar-refractivity contribution in [2.75, 3.05) is 23.0 Å². The second kappa shape index (κ2) is 17.0. The average Bonchev–Trinajstić information content (AvgIpc) is 2.76. The van der Waals surface area contributed by atoms with Crippen LogP contribution in [0.1, 0.15) is 126 Å². The molecule has 34 heavy (non-hydrogen) atoms. The Balaban J connectivity index is 2.91. The smallest absolute Gasteiger partial charge is 0.231 e. The number of anilines is 1. The van der Waals surface area contributed by atoms with Gasteiger partial charge in [-0.25, -0.2) is 0 Å². The predicted molar refractivity (Wildman–Crippen MR) is 151 cm³/mol. The molecule has 5 nitrogen and oxygen atoms in total. The topological polar surface area (TPSA) is 62.1 Å². The molecular formula is C27H52N4OS2. The fourth-order valence-electron chi connectivity index (χ4n) is 4.20. The summed E-state index contributed by atoms with van der Waals surface area (Å²) in [6, 6.07) is 0. The number of thioether (sulfide) groups is 2. The highest BCUT2D eigenvalue weighted by Crippen LogP contribution is 2.32.